The standard InChI is InChI=1S/C20H19BrCl2N2O6/c1-2-7-29-20(28)12-3-5-14(6-4-12)30-10-17(26)24-25-18(27)11-31-19-15(21)8-13(22)9-16(19)23/h3-6,8-9H,2,7,10-11H2,1H3,(H,24,26)(H,25,27). The number of halogens is 3. The maximum atomic E-state index is 11.8. The Balaban J connectivity index is 1.72. The van der Waals surface area contributed by atoms with Gasteiger partial charge in [0.05, 0.1) is 21.7 Å². The van der Waals surface area contributed by atoms with E-state index in [0.717, 1.165) is 6.42 Å². The molecule has 0 aromatic heterocycles. The van der Waals surface area contributed by atoms with Gasteiger partial charge in [-0.1, -0.05) is 30.1 Å². The summed E-state index contributed by atoms with van der Waals surface area (Å²) in [6, 6.07) is 9.18. The summed E-state index contributed by atoms with van der Waals surface area (Å²) in [5, 5.41) is 0.640. The molecule has 0 aliphatic rings. The average molecular weight is 534 g/mol. The van der Waals surface area contributed by atoms with Gasteiger partial charge in [-0.3, -0.25) is 20.4 Å². The highest BCUT2D eigenvalue weighted by molar-refractivity contribution is 9.10. The normalized spacial score (nSPS) is 10.2. The SMILES string of the molecule is CCCOC(=O)c1ccc(OCC(=O)NNC(=O)COc2c(Cl)cc(Cl)cc2Br)cc1. The van der Waals surface area contributed by atoms with Gasteiger partial charge in [0.1, 0.15) is 5.75 Å². The van der Waals surface area contributed by atoms with Gasteiger partial charge in [-0.25, -0.2) is 4.79 Å². The summed E-state index contributed by atoms with van der Waals surface area (Å²) in [5.74, 6) is -1.01. The van der Waals surface area contributed by atoms with Gasteiger partial charge in [0.25, 0.3) is 11.8 Å². The van der Waals surface area contributed by atoms with Crippen molar-refractivity contribution < 1.29 is 28.6 Å². The van der Waals surface area contributed by atoms with Crippen LogP contribution in [0, 0.1) is 0 Å². The van der Waals surface area contributed by atoms with Crippen molar-refractivity contribution in [3.63, 3.8) is 0 Å². The fourth-order valence-corrected chi connectivity index (χ4v) is 3.50. The zero-order valence-electron chi connectivity index (χ0n) is 16.4. The number of benzene rings is 2. The number of hydrazine groups is 1. The molecule has 166 valence electrons. The van der Waals surface area contributed by atoms with Gasteiger partial charge in [0.15, 0.2) is 19.0 Å². The number of rotatable bonds is 9. The smallest absolute Gasteiger partial charge is 0.338 e. The molecule has 11 heteroatoms. The van der Waals surface area contributed by atoms with Gasteiger partial charge in [0, 0.05) is 5.02 Å². The number of hydrogen-bond donors (Lipinski definition) is 2. The molecule has 2 aromatic carbocycles. The minimum Gasteiger partial charge on any atom is -0.484 e. The third kappa shape index (κ3) is 8.28. The van der Waals surface area contributed by atoms with Crippen LogP contribution < -0.4 is 20.3 Å². The second-order valence-corrected chi connectivity index (χ2v) is 7.73. The van der Waals surface area contributed by atoms with Crippen LogP contribution in [0.3, 0.4) is 0 Å². The molecule has 31 heavy (non-hydrogen) atoms. The van der Waals surface area contributed by atoms with Crippen molar-refractivity contribution in [2.75, 3.05) is 19.8 Å². The molecule has 2 amide bonds. The Morgan fingerprint density at radius 3 is 2.16 bits per heavy atom. The third-order valence-corrected chi connectivity index (χ3v) is 4.64. The molecule has 0 aliphatic heterocycles. The van der Waals surface area contributed by atoms with E-state index >= 15 is 0 Å². The third-order valence-electron chi connectivity index (χ3n) is 3.55. The number of nitrogens with one attached hydrogen (secondary N) is 2. The van der Waals surface area contributed by atoms with Gasteiger partial charge >= 0.3 is 5.97 Å². The maximum absolute atomic E-state index is 11.8. The molecular formula is C20H19BrCl2N2O6. The number of carbonyl (C=O) groups is 3. The lowest BCUT2D eigenvalue weighted by molar-refractivity contribution is -0.131. The Labute approximate surface area is 197 Å². The van der Waals surface area contributed by atoms with E-state index in [1.54, 1.807) is 6.07 Å². The van der Waals surface area contributed by atoms with Gasteiger partial charge in [0.2, 0.25) is 0 Å². The van der Waals surface area contributed by atoms with E-state index in [0.29, 0.717) is 27.4 Å². The number of hydrogen-bond acceptors (Lipinski definition) is 6. The van der Waals surface area contributed by atoms with Crippen LogP contribution >= 0.6 is 39.1 Å². The topological polar surface area (TPSA) is 103 Å². The monoisotopic (exact) mass is 532 g/mol. The van der Waals surface area contributed by atoms with Crippen molar-refractivity contribution in [2.24, 2.45) is 0 Å². The molecule has 0 unspecified atom stereocenters. The van der Waals surface area contributed by atoms with Gasteiger partial charge in [-0.05, 0) is 58.7 Å². The molecule has 0 atom stereocenters. The molecule has 0 bridgehead atoms. The van der Waals surface area contributed by atoms with Crippen LogP contribution in [0.1, 0.15) is 23.7 Å². The molecule has 0 fully saturated rings. The summed E-state index contributed by atoms with van der Waals surface area (Å²) < 4.78 is 16.1. The summed E-state index contributed by atoms with van der Waals surface area (Å²) in [7, 11) is 0. The Morgan fingerprint density at radius 1 is 0.968 bits per heavy atom. The summed E-state index contributed by atoms with van der Waals surface area (Å²) in [6.45, 7) is 1.50. The first kappa shape index (κ1) is 24.8. The summed E-state index contributed by atoms with van der Waals surface area (Å²) in [4.78, 5) is 35.4. The molecule has 0 spiro atoms. The fraction of sp³-hybridized carbons (Fsp3) is 0.250. The zero-order valence-corrected chi connectivity index (χ0v) is 19.5. The first-order valence-electron chi connectivity index (χ1n) is 9.05. The van der Waals surface area contributed by atoms with Crippen LogP contribution in [0.2, 0.25) is 10.0 Å². The second kappa shape index (κ2) is 12.4. The molecule has 2 aromatic rings. The van der Waals surface area contributed by atoms with Gasteiger partial charge < -0.3 is 14.2 Å². The van der Waals surface area contributed by atoms with Crippen molar-refractivity contribution in [2.45, 2.75) is 13.3 Å². The molecule has 0 radical (unpaired) electrons. The summed E-state index contributed by atoms with van der Waals surface area (Å²) in [6.07, 6.45) is 0.733. The van der Waals surface area contributed by atoms with Crippen molar-refractivity contribution >= 4 is 56.9 Å². The highest BCUT2D eigenvalue weighted by Crippen LogP contribution is 2.35. The predicted molar refractivity (Wildman–Crippen MR) is 118 cm³/mol. The first-order chi connectivity index (χ1) is 14.8. The van der Waals surface area contributed by atoms with Gasteiger partial charge in [-0.15, -0.1) is 0 Å². The molecule has 0 heterocycles. The quantitative estimate of drug-likeness (QED) is 0.374. The van der Waals surface area contributed by atoms with Crippen LogP contribution in [0.15, 0.2) is 40.9 Å². The van der Waals surface area contributed by atoms with Crippen molar-refractivity contribution in [1.29, 1.82) is 0 Å². The second-order valence-electron chi connectivity index (χ2n) is 6.03. The molecule has 0 saturated carbocycles. The van der Waals surface area contributed by atoms with Crippen LogP contribution in [0.25, 0.3) is 0 Å². The Morgan fingerprint density at radius 2 is 1.58 bits per heavy atom. The van der Waals surface area contributed by atoms with Gasteiger partial charge in [-0.2, -0.15) is 0 Å². The van der Waals surface area contributed by atoms with E-state index in [1.165, 1.54) is 30.3 Å². The Bertz CT molecular complexity index is 917. The van der Waals surface area contributed by atoms with Crippen molar-refractivity contribution in [3.8, 4) is 11.5 Å². The van der Waals surface area contributed by atoms with E-state index < -0.39 is 24.4 Å². The van der Waals surface area contributed by atoms with Crippen LogP contribution in [0.5, 0.6) is 11.5 Å². The van der Waals surface area contributed by atoms with Crippen molar-refractivity contribution in [3.05, 3.63) is 56.5 Å². The lowest BCUT2D eigenvalue weighted by Crippen LogP contribution is -2.45. The maximum Gasteiger partial charge on any atom is 0.338 e. The molecule has 2 rings (SSSR count). The molecule has 2 N–H and O–H groups in total. The minimum atomic E-state index is -0.610. The highest BCUT2D eigenvalue weighted by Gasteiger charge is 2.12. The molecule has 0 saturated heterocycles. The number of ether oxygens (including phenoxy) is 3. The Hall–Kier alpha value is -2.49. The largest absolute Gasteiger partial charge is 0.484 e. The summed E-state index contributed by atoms with van der Waals surface area (Å²) in [5.41, 5.74) is 4.77. The highest BCUT2D eigenvalue weighted by atomic mass is 79.9. The van der Waals surface area contributed by atoms with E-state index in [1.807, 2.05) is 6.92 Å². The lowest BCUT2D eigenvalue weighted by atomic mass is 10.2. The lowest BCUT2D eigenvalue weighted by Gasteiger charge is -2.12. The zero-order chi connectivity index (χ0) is 22.8. The fourth-order valence-electron chi connectivity index (χ4n) is 2.13. The number of carbonyl (C=O) groups excluding carboxylic acids is 3. The van der Waals surface area contributed by atoms with Crippen LogP contribution in [-0.2, 0) is 14.3 Å². The number of amides is 2. The average Bonchev–Trinajstić information content (AvgIpc) is 2.74. The van der Waals surface area contributed by atoms with E-state index in [-0.39, 0.29) is 17.4 Å². The van der Waals surface area contributed by atoms with Crippen LogP contribution in [-0.4, -0.2) is 37.6 Å². The molecule has 8 nitrogen and oxygen atoms in total. The van der Waals surface area contributed by atoms with Crippen molar-refractivity contribution in [1.82, 2.24) is 10.9 Å². The van der Waals surface area contributed by atoms with Crippen LogP contribution in [0.4, 0.5) is 0 Å². The molecular weight excluding hydrogens is 515 g/mol. The van der Waals surface area contributed by atoms with E-state index in [2.05, 4.69) is 26.8 Å². The predicted octanol–water partition coefficient (Wildman–Crippen LogP) is 3.93. The Kier molecular flexibility index (Phi) is 9.90. The first-order valence-corrected chi connectivity index (χ1v) is 10.6. The number of esters is 1. The minimum absolute atomic E-state index is 0.231. The van der Waals surface area contributed by atoms with E-state index in [9.17, 15) is 14.4 Å². The summed E-state index contributed by atoms with van der Waals surface area (Å²) >= 11 is 15.1. The van der Waals surface area contributed by atoms with E-state index in [4.69, 9.17) is 37.4 Å². The molecule has 0 aliphatic carbocycles.